The second-order valence-electron chi connectivity index (χ2n) is 4.25. The van der Waals surface area contributed by atoms with E-state index in [9.17, 15) is 9.18 Å². The summed E-state index contributed by atoms with van der Waals surface area (Å²) in [7, 11) is 1.58. The number of amides is 1. The Balaban J connectivity index is 1.91. The van der Waals surface area contributed by atoms with Crippen molar-refractivity contribution < 1.29 is 13.9 Å². The number of benzene rings is 2. The maximum Gasteiger partial charge on any atom is 0.243 e. The van der Waals surface area contributed by atoms with Crippen LogP contribution in [0.1, 0.15) is 0 Å². The first-order valence-corrected chi connectivity index (χ1v) is 7.00. The van der Waals surface area contributed by atoms with Crippen molar-refractivity contribution in [1.82, 2.24) is 0 Å². The summed E-state index contributed by atoms with van der Waals surface area (Å²) in [4.78, 5) is 11.8. The molecule has 0 atom stereocenters. The summed E-state index contributed by atoms with van der Waals surface area (Å²) < 4.78 is 18.9. The average Bonchev–Trinajstić information content (AvgIpc) is 2.49. The molecule has 0 saturated carbocycles. The number of ether oxygens (including phenoxy) is 1. The summed E-state index contributed by atoms with van der Waals surface area (Å²) in [6, 6.07) is 11.2. The van der Waals surface area contributed by atoms with E-state index in [0.29, 0.717) is 15.8 Å². The third kappa shape index (κ3) is 4.46. The van der Waals surface area contributed by atoms with Crippen molar-refractivity contribution in [2.75, 3.05) is 24.3 Å². The first kappa shape index (κ1) is 15.3. The third-order valence-corrected chi connectivity index (χ3v) is 3.43. The van der Waals surface area contributed by atoms with Gasteiger partial charge in [0.15, 0.2) is 0 Å². The first-order chi connectivity index (χ1) is 10.1. The molecule has 0 unspecified atom stereocenters. The van der Waals surface area contributed by atoms with Crippen LogP contribution in [0.25, 0.3) is 0 Å². The molecular formula is C15H14BrFN2O2. The normalized spacial score (nSPS) is 10.0. The van der Waals surface area contributed by atoms with Crippen molar-refractivity contribution in [3.8, 4) is 5.75 Å². The lowest BCUT2D eigenvalue weighted by molar-refractivity contribution is -0.114. The number of carbonyl (C=O) groups is 1. The van der Waals surface area contributed by atoms with Crippen LogP contribution >= 0.6 is 15.9 Å². The van der Waals surface area contributed by atoms with Gasteiger partial charge in [0.1, 0.15) is 11.6 Å². The molecule has 110 valence electrons. The van der Waals surface area contributed by atoms with Gasteiger partial charge < -0.3 is 15.4 Å². The molecule has 2 aromatic carbocycles. The van der Waals surface area contributed by atoms with Gasteiger partial charge in [-0.05, 0) is 58.4 Å². The van der Waals surface area contributed by atoms with E-state index in [1.165, 1.54) is 12.1 Å². The monoisotopic (exact) mass is 352 g/mol. The van der Waals surface area contributed by atoms with E-state index >= 15 is 0 Å². The Morgan fingerprint density at radius 1 is 1.24 bits per heavy atom. The Morgan fingerprint density at radius 3 is 2.62 bits per heavy atom. The van der Waals surface area contributed by atoms with Gasteiger partial charge in [0.2, 0.25) is 5.91 Å². The fourth-order valence-corrected chi connectivity index (χ4v) is 2.07. The Labute approximate surface area is 130 Å². The molecular weight excluding hydrogens is 339 g/mol. The molecule has 2 N–H and O–H groups in total. The number of carbonyl (C=O) groups excluding carboxylic acids is 1. The number of hydrogen-bond acceptors (Lipinski definition) is 3. The molecule has 1 amide bonds. The van der Waals surface area contributed by atoms with Gasteiger partial charge in [-0.15, -0.1) is 0 Å². The fourth-order valence-electron chi connectivity index (χ4n) is 1.69. The van der Waals surface area contributed by atoms with Crippen LogP contribution < -0.4 is 15.4 Å². The predicted octanol–water partition coefficient (Wildman–Crippen LogP) is 3.65. The maximum absolute atomic E-state index is 13.1. The first-order valence-electron chi connectivity index (χ1n) is 6.21. The van der Waals surface area contributed by atoms with Crippen LogP contribution in [0, 0.1) is 5.82 Å². The zero-order valence-corrected chi connectivity index (χ0v) is 12.9. The number of rotatable bonds is 5. The molecule has 0 aliphatic heterocycles. The van der Waals surface area contributed by atoms with E-state index in [-0.39, 0.29) is 18.3 Å². The van der Waals surface area contributed by atoms with Gasteiger partial charge in [0.05, 0.1) is 19.3 Å². The minimum atomic E-state index is -0.365. The number of anilines is 2. The molecule has 0 heterocycles. The molecule has 0 spiro atoms. The van der Waals surface area contributed by atoms with Crippen LogP contribution in [0.15, 0.2) is 46.9 Å². The van der Waals surface area contributed by atoms with Crippen LogP contribution in [0.4, 0.5) is 15.8 Å². The largest absolute Gasteiger partial charge is 0.497 e. The molecule has 0 fully saturated rings. The smallest absolute Gasteiger partial charge is 0.243 e. The van der Waals surface area contributed by atoms with Crippen LogP contribution in [0.2, 0.25) is 0 Å². The van der Waals surface area contributed by atoms with Crippen molar-refractivity contribution in [2.24, 2.45) is 0 Å². The molecule has 4 nitrogen and oxygen atoms in total. The zero-order chi connectivity index (χ0) is 15.2. The number of methoxy groups -OCH3 is 1. The number of halogens is 2. The van der Waals surface area contributed by atoms with E-state index in [1.54, 1.807) is 37.4 Å². The maximum atomic E-state index is 13.1. The highest BCUT2D eigenvalue weighted by Crippen LogP contribution is 2.22. The summed E-state index contributed by atoms with van der Waals surface area (Å²) >= 11 is 3.29. The van der Waals surface area contributed by atoms with E-state index < -0.39 is 0 Å². The van der Waals surface area contributed by atoms with Crippen LogP contribution in [-0.2, 0) is 4.79 Å². The Kier molecular flexibility index (Phi) is 5.16. The molecule has 0 saturated heterocycles. The van der Waals surface area contributed by atoms with Crippen molar-refractivity contribution in [3.05, 3.63) is 52.8 Å². The Morgan fingerprint density at radius 2 is 1.95 bits per heavy atom. The Bertz CT molecular complexity index is 632. The summed E-state index contributed by atoms with van der Waals surface area (Å²) in [5.41, 5.74) is 1.20. The van der Waals surface area contributed by atoms with E-state index in [0.717, 1.165) is 5.75 Å². The summed E-state index contributed by atoms with van der Waals surface area (Å²) in [5.74, 6) is 0.127. The van der Waals surface area contributed by atoms with Crippen molar-refractivity contribution >= 4 is 33.2 Å². The molecule has 0 aliphatic rings. The highest BCUT2D eigenvalue weighted by atomic mass is 79.9. The molecule has 2 aromatic rings. The van der Waals surface area contributed by atoms with Crippen LogP contribution in [0.3, 0.4) is 0 Å². The van der Waals surface area contributed by atoms with Gasteiger partial charge in [-0.3, -0.25) is 4.79 Å². The molecule has 0 bridgehead atoms. The highest BCUT2D eigenvalue weighted by Gasteiger charge is 2.05. The summed E-state index contributed by atoms with van der Waals surface area (Å²) in [6.07, 6.45) is 0. The van der Waals surface area contributed by atoms with Gasteiger partial charge in [0.25, 0.3) is 0 Å². The van der Waals surface area contributed by atoms with Gasteiger partial charge in [-0.25, -0.2) is 4.39 Å². The number of nitrogens with one attached hydrogen (secondary N) is 2. The molecule has 0 aliphatic carbocycles. The minimum Gasteiger partial charge on any atom is -0.497 e. The molecule has 0 aromatic heterocycles. The van der Waals surface area contributed by atoms with Gasteiger partial charge >= 0.3 is 0 Å². The van der Waals surface area contributed by atoms with Crippen molar-refractivity contribution in [1.29, 1.82) is 0 Å². The zero-order valence-electron chi connectivity index (χ0n) is 11.3. The van der Waals surface area contributed by atoms with Crippen LogP contribution in [0.5, 0.6) is 5.75 Å². The number of hydrogen-bond donors (Lipinski definition) is 2. The van der Waals surface area contributed by atoms with Crippen LogP contribution in [-0.4, -0.2) is 19.6 Å². The lowest BCUT2D eigenvalue weighted by atomic mass is 10.3. The predicted molar refractivity (Wildman–Crippen MR) is 84.2 cm³/mol. The van der Waals surface area contributed by atoms with Gasteiger partial charge in [-0.2, -0.15) is 0 Å². The summed E-state index contributed by atoms with van der Waals surface area (Å²) in [6.45, 7) is 0.0358. The summed E-state index contributed by atoms with van der Waals surface area (Å²) in [5, 5.41) is 5.60. The standard InChI is InChI=1S/C15H14BrFN2O2/c1-21-12-5-3-11(4-6-12)19-15(20)9-18-14-8-10(17)2-7-13(14)16/h2-8,18H,9H2,1H3,(H,19,20). The molecule has 0 radical (unpaired) electrons. The second kappa shape index (κ2) is 7.08. The van der Waals surface area contributed by atoms with Gasteiger partial charge in [-0.1, -0.05) is 0 Å². The lowest BCUT2D eigenvalue weighted by Crippen LogP contribution is -2.21. The fraction of sp³-hybridized carbons (Fsp3) is 0.133. The third-order valence-electron chi connectivity index (χ3n) is 2.74. The average molecular weight is 353 g/mol. The topological polar surface area (TPSA) is 50.4 Å². The Hall–Kier alpha value is -2.08. The quantitative estimate of drug-likeness (QED) is 0.863. The lowest BCUT2D eigenvalue weighted by Gasteiger charge is -2.10. The second-order valence-corrected chi connectivity index (χ2v) is 5.11. The highest BCUT2D eigenvalue weighted by molar-refractivity contribution is 9.10. The van der Waals surface area contributed by atoms with Crippen molar-refractivity contribution in [3.63, 3.8) is 0 Å². The van der Waals surface area contributed by atoms with E-state index in [1.807, 2.05) is 0 Å². The van der Waals surface area contributed by atoms with E-state index in [4.69, 9.17) is 4.74 Å². The molecule has 2 rings (SSSR count). The van der Waals surface area contributed by atoms with E-state index in [2.05, 4.69) is 26.6 Å². The molecule has 21 heavy (non-hydrogen) atoms. The SMILES string of the molecule is COc1ccc(NC(=O)CNc2cc(F)ccc2Br)cc1. The van der Waals surface area contributed by atoms with Crippen molar-refractivity contribution in [2.45, 2.75) is 0 Å². The minimum absolute atomic E-state index is 0.0358. The molecule has 6 heteroatoms. The van der Waals surface area contributed by atoms with Gasteiger partial charge in [0, 0.05) is 10.2 Å².